The fourth-order valence-electron chi connectivity index (χ4n) is 2.45. The quantitative estimate of drug-likeness (QED) is 0.301. The van der Waals surface area contributed by atoms with Crippen LogP contribution in [0, 0.1) is 5.92 Å². The predicted molar refractivity (Wildman–Crippen MR) is 105 cm³/mol. The first kappa shape index (κ1) is 20.2. The fourth-order valence-corrected chi connectivity index (χ4v) is 2.45. The molecule has 1 aliphatic rings. The lowest BCUT2D eigenvalue weighted by molar-refractivity contribution is -0.119. The van der Waals surface area contributed by atoms with Gasteiger partial charge in [0.15, 0.2) is 5.96 Å². The van der Waals surface area contributed by atoms with Gasteiger partial charge in [-0.25, -0.2) is 4.99 Å². The highest BCUT2D eigenvalue weighted by molar-refractivity contribution is 5.84. The highest BCUT2D eigenvalue weighted by Crippen LogP contribution is 2.28. The first-order valence-corrected chi connectivity index (χ1v) is 9.68. The van der Waals surface area contributed by atoms with Gasteiger partial charge in [0.2, 0.25) is 5.91 Å². The number of guanidine groups is 1. The topological polar surface area (TPSA) is 74.8 Å². The van der Waals surface area contributed by atoms with Crippen LogP contribution in [0.2, 0.25) is 0 Å². The Morgan fingerprint density at radius 1 is 1.15 bits per heavy atom. The lowest BCUT2D eigenvalue weighted by atomic mass is 10.1. The Labute approximate surface area is 156 Å². The maximum atomic E-state index is 11.9. The van der Waals surface area contributed by atoms with Gasteiger partial charge in [0.1, 0.15) is 6.54 Å². The van der Waals surface area contributed by atoms with Crippen LogP contribution in [0.5, 0.6) is 0 Å². The average molecular weight is 361 g/mol. The van der Waals surface area contributed by atoms with Gasteiger partial charge in [-0.1, -0.05) is 30.3 Å². The molecule has 0 aromatic heterocycles. The summed E-state index contributed by atoms with van der Waals surface area (Å²) >= 11 is 0. The van der Waals surface area contributed by atoms with Crippen LogP contribution in [0.25, 0.3) is 0 Å². The van der Waals surface area contributed by atoms with Crippen LogP contribution in [0.4, 0.5) is 0 Å². The number of carbonyl (C=O) groups excluding carboxylic acids is 1. The van der Waals surface area contributed by atoms with Crippen molar-refractivity contribution < 1.29 is 9.53 Å². The van der Waals surface area contributed by atoms with E-state index >= 15 is 0 Å². The summed E-state index contributed by atoms with van der Waals surface area (Å²) < 4.78 is 5.61. The maximum absolute atomic E-state index is 11.9. The average Bonchev–Trinajstić information content (AvgIpc) is 3.47. The molecule has 1 fully saturated rings. The van der Waals surface area contributed by atoms with Crippen molar-refractivity contribution in [3.63, 3.8) is 0 Å². The van der Waals surface area contributed by atoms with Gasteiger partial charge in [-0.05, 0) is 44.1 Å². The zero-order chi connectivity index (χ0) is 18.5. The molecule has 0 bridgehead atoms. The summed E-state index contributed by atoms with van der Waals surface area (Å²) in [5.41, 5.74) is 1.22. The van der Waals surface area contributed by atoms with E-state index in [0.717, 1.165) is 45.1 Å². The molecule has 0 radical (unpaired) electrons. The minimum atomic E-state index is -0.0640. The number of hydrogen-bond acceptors (Lipinski definition) is 3. The molecule has 6 nitrogen and oxygen atoms in total. The molecule has 0 unspecified atom stereocenters. The summed E-state index contributed by atoms with van der Waals surface area (Å²) in [6.45, 7) is 5.98. The first-order valence-electron chi connectivity index (χ1n) is 9.68. The van der Waals surface area contributed by atoms with Crippen molar-refractivity contribution in [2.24, 2.45) is 10.9 Å². The number of benzene rings is 1. The molecule has 1 aliphatic carbocycles. The van der Waals surface area contributed by atoms with Crippen molar-refractivity contribution in [1.82, 2.24) is 16.0 Å². The molecule has 144 valence electrons. The first-order chi connectivity index (χ1) is 12.8. The molecule has 1 saturated carbocycles. The Morgan fingerprint density at radius 3 is 2.69 bits per heavy atom. The van der Waals surface area contributed by atoms with Gasteiger partial charge in [-0.3, -0.25) is 4.79 Å². The standard InChI is InChI=1S/C20H32N4O2/c1-2-21-20(23-12-6-14-26-16-18-9-10-18)24-15-19(25)22-13-11-17-7-4-3-5-8-17/h3-5,7-8,18H,2,6,9-16H2,1H3,(H,22,25)(H2,21,23,24). The summed E-state index contributed by atoms with van der Waals surface area (Å²) in [5, 5.41) is 9.31. The van der Waals surface area contributed by atoms with E-state index in [1.807, 2.05) is 25.1 Å². The van der Waals surface area contributed by atoms with E-state index in [1.165, 1.54) is 18.4 Å². The SMILES string of the molecule is CCNC(=NCC(=O)NCCc1ccccc1)NCCCOCC1CC1. The number of carbonyl (C=O) groups is 1. The predicted octanol–water partition coefficient (Wildman–Crippen LogP) is 1.72. The molecule has 26 heavy (non-hydrogen) atoms. The van der Waals surface area contributed by atoms with Gasteiger partial charge in [-0.15, -0.1) is 0 Å². The molecule has 0 saturated heterocycles. The van der Waals surface area contributed by atoms with E-state index in [-0.39, 0.29) is 12.5 Å². The summed E-state index contributed by atoms with van der Waals surface area (Å²) in [5.74, 6) is 1.42. The third-order valence-electron chi connectivity index (χ3n) is 4.11. The van der Waals surface area contributed by atoms with Crippen molar-refractivity contribution in [3.05, 3.63) is 35.9 Å². The molecule has 1 aromatic rings. The minimum Gasteiger partial charge on any atom is -0.381 e. The number of nitrogens with zero attached hydrogens (tertiary/aromatic N) is 1. The highest BCUT2D eigenvalue weighted by atomic mass is 16.5. The van der Waals surface area contributed by atoms with E-state index in [2.05, 4.69) is 33.1 Å². The summed E-state index contributed by atoms with van der Waals surface area (Å²) in [7, 11) is 0. The van der Waals surface area contributed by atoms with Crippen molar-refractivity contribution in [2.45, 2.75) is 32.6 Å². The number of ether oxygens (including phenoxy) is 1. The van der Waals surface area contributed by atoms with E-state index in [0.29, 0.717) is 12.5 Å². The van der Waals surface area contributed by atoms with Gasteiger partial charge < -0.3 is 20.7 Å². The van der Waals surface area contributed by atoms with Crippen LogP contribution in [-0.4, -0.2) is 51.3 Å². The van der Waals surface area contributed by atoms with Crippen LogP contribution in [0.1, 0.15) is 31.7 Å². The van der Waals surface area contributed by atoms with Crippen LogP contribution < -0.4 is 16.0 Å². The number of rotatable bonds is 12. The maximum Gasteiger partial charge on any atom is 0.241 e. The van der Waals surface area contributed by atoms with Crippen molar-refractivity contribution in [1.29, 1.82) is 0 Å². The number of nitrogens with one attached hydrogen (secondary N) is 3. The molecule has 2 rings (SSSR count). The monoisotopic (exact) mass is 360 g/mol. The Morgan fingerprint density at radius 2 is 1.96 bits per heavy atom. The zero-order valence-electron chi connectivity index (χ0n) is 15.8. The molecule has 0 atom stereocenters. The molecule has 0 heterocycles. The number of hydrogen-bond donors (Lipinski definition) is 3. The lowest BCUT2D eigenvalue weighted by Gasteiger charge is -2.11. The summed E-state index contributed by atoms with van der Waals surface area (Å²) in [4.78, 5) is 16.3. The Kier molecular flexibility index (Phi) is 9.57. The molecule has 0 aliphatic heterocycles. The Bertz CT molecular complexity index is 544. The van der Waals surface area contributed by atoms with E-state index in [4.69, 9.17) is 4.74 Å². The van der Waals surface area contributed by atoms with Gasteiger partial charge in [0.05, 0.1) is 0 Å². The normalized spacial score (nSPS) is 14.1. The van der Waals surface area contributed by atoms with Crippen molar-refractivity contribution in [2.75, 3.05) is 39.4 Å². The Hall–Kier alpha value is -2.08. The lowest BCUT2D eigenvalue weighted by Crippen LogP contribution is -2.39. The second kappa shape index (κ2) is 12.3. The van der Waals surface area contributed by atoms with Crippen LogP contribution in [-0.2, 0) is 16.0 Å². The van der Waals surface area contributed by atoms with Gasteiger partial charge >= 0.3 is 0 Å². The second-order valence-electron chi connectivity index (χ2n) is 6.58. The molecule has 6 heteroatoms. The highest BCUT2D eigenvalue weighted by Gasteiger charge is 2.20. The van der Waals surface area contributed by atoms with Crippen molar-refractivity contribution in [3.8, 4) is 0 Å². The number of aliphatic imine (C=N–C) groups is 1. The van der Waals surface area contributed by atoms with Crippen LogP contribution >= 0.6 is 0 Å². The van der Waals surface area contributed by atoms with Gasteiger partial charge in [0, 0.05) is 32.8 Å². The van der Waals surface area contributed by atoms with Crippen LogP contribution in [0.15, 0.2) is 35.3 Å². The van der Waals surface area contributed by atoms with Gasteiger partial charge in [0.25, 0.3) is 0 Å². The van der Waals surface area contributed by atoms with E-state index < -0.39 is 0 Å². The smallest absolute Gasteiger partial charge is 0.241 e. The largest absolute Gasteiger partial charge is 0.381 e. The zero-order valence-corrected chi connectivity index (χ0v) is 15.8. The fraction of sp³-hybridized carbons (Fsp3) is 0.600. The van der Waals surface area contributed by atoms with E-state index in [9.17, 15) is 4.79 Å². The third kappa shape index (κ3) is 9.42. The van der Waals surface area contributed by atoms with E-state index in [1.54, 1.807) is 0 Å². The van der Waals surface area contributed by atoms with Crippen molar-refractivity contribution >= 4 is 11.9 Å². The molecule has 1 amide bonds. The minimum absolute atomic E-state index is 0.0640. The summed E-state index contributed by atoms with van der Waals surface area (Å²) in [6.07, 6.45) is 4.40. The molecule has 0 spiro atoms. The van der Waals surface area contributed by atoms with Gasteiger partial charge in [-0.2, -0.15) is 0 Å². The molecule has 1 aromatic carbocycles. The second-order valence-corrected chi connectivity index (χ2v) is 6.58. The molecular formula is C20H32N4O2. The number of amides is 1. The third-order valence-corrected chi connectivity index (χ3v) is 4.11. The molecule has 3 N–H and O–H groups in total. The Balaban J connectivity index is 1.57. The summed E-state index contributed by atoms with van der Waals surface area (Å²) in [6, 6.07) is 10.1. The van der Waals surface area contributed by atoms with Crippen LogP contribution in [0.3, 0.4) is 0 Å². The molecular weight excluding hydrogens is 328 g/mol.